The minimum Gasteiger partial charge on any atom is -0.494 e. The molecular weight excluding hydrogens is 454 g/mol. The van der Waals surface area contributed by atoms with E-state index in [2.05, 4.69) is 42.0 Å². The molecule has 2 aliphatic rings. The van der Waals surface area contributed by atoms with Gasteiger partial charge in [-0.25, -0.2) is 15.6 Å². The van der Waals surface area contributed by atoms with E-state index in [0.717, 1.165) is 22.6 Å². The second-order valence-corrected chi connectivity index (χ2v) is 9.15. The predicted molar refractivity (Wildman–Crippen MR) is 138 cm³/mol. The average Bonchev–Trinajstić information content (AvgIpc) is 3.44. The fourth-order valence-electron chi connectivity index (χ4n) is 5.25. The number of fused-ring (bicyclic) bond motifs is 1. The zero-order valence-electron chi connectivity index (χ0n) is 20.7. The summed E-state index contributed by atoms with van der Waals surface area (Å²) in [5, 5.41) is 0. The number of anilines is 1. The van der Waals surface area contributed by atoms with Gasteiger partial charge >= 0.3 is 5.97 Å². The van der Waals surface area contributed by atoms with Gasteiger partial charge < -0.3 is 14.4 Å². The second-order valence-electron chi connectivity index (χ2n) is 9.15. The number of carbonyl (C=O) groups excluding carboxylic acids is 2. The Balaban J connectivity index is 1.55. The molecule has 1 amide bonds. The van der Waals surface area contributed by atoms with Crippen LogP contribution in [-0.4, -0.2) is 31.1 Å². The number of amides is 1. The minimum absolute atomic E-state index is 0.00937. The Bertz CT molecular complexity index is 1220. The lowest BCUT2D eigenvalue weighted by molar-refractivity contribution is -0.119. The van der Waals surface area contributed by atoms with Crippen molar-refractivity contribution in [2.75, 3.05) is 18.1 Å². The van der Waals surface area contributed by atoms with E-state index in [1.807, 2.05) is 48.2 Å². The molecule has 7 nitrogen and oxygen atoms in total. The number of carbonyl (C=O) groups is 2. The van der Waals surface area contributed by atoms with Crippen LogP contribution >= 0.6 is 0 Å². The van der Waals surface area contributed by atoms with E-state index in [1.165, 1.54) is 5.56 Å². The first-order chi connectivity index (χ1) is 17.5. The van der Waals surface area contributed by atoms with E-state index in [-0.39, 0.29) is 29.9 Å². The van der Waals surface area contributed by atoms with Gasteiger partial charge in [0.05, 0.1) is 30.9 Å². The minimum atomic E-state index is -0.391. The fourth-order valence-corrected chi connectivity index (χ4v) is 5.25. The number of hydrogen-bond donors (Lipinski definition) is 2. The molecule has 2 N–H and O–H groups in total. The molecule has 5 rings (SSSR count). The molecule has 0 aliphatic carbocycles. The molecule has 0 bridgehead atoms. The van der Waals surface area contributed by atoms with E-state index in [1.54, 1.807) is 19.1 Å². The van der Waals surface area contributed by atoms with E-state index in [9.17, 15) is 9.59 Å². The third kappa shape index (κ3) is 4.36. The Morgan fingerprint density at radius 2 is 1.47 bits per heavy atom. The maximum atomic E-state index is 13.8. The lowest BCUT2D eigenvalue weighted by Crippen LogP contribution is -2.41. The van der Waals surface area contributed by atoms with Gasteiger partial charge in [-0.15, -0.1) is 0 Å². The summed E-state index contributed by atoms with van der Waals surface area (Å²) in [6.45, 7) is 6.71. The van der Waals surface area contributed by atoms with Crippen LogP contribution in [0.2, 0.25) is 0 Å². The monoisotopic (exact) mass is 485 g/mol. The Morgan fingerprint density at radius 3 is 2.11 bits per heavy atom. The van der Waals surface area contributed by atoms with Crippen molar-refractivity contribution in [2.24, 2.45) is 5.92 Å². The highest BCUT2D eigenvalue weighted by Gasteiger charge is 2.56. The number of hydrazine groups is 1. The summed E-state index contributed by atoms with van der Waals surface area (Å²) in [6, 6.07) is 22.8. The van der Waals surface area contributed by atoms with Gasteiger partial charge in [0.2, 0.25) is 5.91 Å². The van der Waals surface area contributed by atoms with Crippen molar-refractivity contribution in [3.05, 3.63) is 95.1 Å². The summed E-state index contributed by atoms with van der Waals surface area (Å²) in [5.41, 5.74) is 11.2. The summed E-state index contributed by atoms with van der Waals surface area (Å²) in [6.07, 6.45) is 0. The van der Waals surface area contributed by atoms with Crippen LogP contribution in [0.25, 0.3) is 0 Å². The number of ether oxygens (including phenoxy) is 2. The molecule has 2 fully saturated rings. The molecule has 36 heavy (non-hydrogen) atoms. The second kappa shape index (κ2) is 10.1. The molecule has 0 aromatic heterocycles. The van der Waals surface area contributed by atoms with Gasteiger partial charge in [-0.3, -0.25) is 4.79 Å². The smallest absolute Gasteiger partial charge is 0.338 e. The number of aryl methyl sites for hydroxylation is 1. The van der Waals surface area contributed by atoms with Crippen LogP contribution in [0.5, 0.6) is 5.75 Å². The molecule has 0 saturated carbocycles. The van der Waals surface area contributed by atoms with Crippen LogP contribution in [0, 0.1) is 12.8 Å². The topological polar surface area (TPSA) is 79.9 Å². The van der Waals surface area contributed by atoms with Crippen LogP contribution < -0.4 is 20.5 Å². The Morgan fingerprint density at radius 1 is 0.833 bits per heavy atom. The molecule has 2 heterocycles. The largest absolute Gasteiger partial charge is 0.494 e. The third-order valence-corrected chi connectivity index (χ3v) is 6.94. The number of nitrogens with one attached hydrogen (secondary N) is 2. The zero-order valence-corrected chi connectivity index (χ0v) is 20.7. The average molecular weight is 486 g/mol. The number of nitrogens with zero attached hydrogens (tertiary/aromatic N) is 1. The molecule has 0 spiro atoms. The molecular formula is C29H31N3O4. The highest BCUT2D eigenvalue weighted by atomic mass is 16.5. The molecule has 4 atom stereocenters. The van der Waals surface area contributed by atoms with Crippen LogP contribution in [0.4, 0.5) is 5.69 Å². The predicted octanol–water partition coefficient (Wildman–Crippen LogP) is 4.49. The quantitative estimate of drug-likeness (QED) is 0.480. The van der Waals surface area contributed by atoms with Crippen LogP contribution in [0.15, 0.2) is 72.8 Å². The van der Waals surface area contributed by atoms with Gasteiger partial charge in [0.15, 0.2) is 0 Å². The van der Waals surface area contributed by atoms with Gasteiger partial charge in [0.1, 0.15) is 11.8 Å². The van der Waals surface area contributed by atoms with Crippen LogP contribution in [-0.2, 0) is 9.53 Å². The molecule has 186 valence electrons. The molecule has 7 heteroatoms. The number of esters is 1. The maximum absolute atomic E-state index is 13.8. The van der Waals surface area contributed by atoms with Crippen molar-refractivity contribution in [3.8, 4) is 5.75 Å². The van der Waals surface area contributed by atoms with Crippen molar-refractivity contribution >= 4 is 17.6 Å². The standard InChI is InChI=1S/C29H31N3O4/c1-4-35-23-16-12-20(13-17-23)27-24-25(19-8-6-18(3)7-9-19)30-31-26(24)28(33)32(27)22-14-10-21(11-15-22)29(34)36-5-2/h6-17,24-27,30-31H,4-5H2,1-3H3. The molecule has 4 unspecified atom stereocenters. The molecule has 3 aromatic carbocycles. The van der Waals surface area contributed by atoms with Gasteiger partial charge in [-0.2, -0.15) is 0 Å². The molecule has 2 aliphatic heterocycles. The first-order valence-electron chi connectivity index (χ1n) is 12.4. The van der Waals surface area contributed by atoms with E-state index in [4.69, 9.17) is 9.47 Å². The van der Waals surface area contributed by atoms with Crippen molar-refractivity contribution < 1.29 is 19.1 Å². The Labute approximate surface area is 211 Å². The summed E-state index contributed by atoms with van der Waals surface area (Å²) >= 11 is 0. The van der Waals surface area contributed by atoms with Gasteiger partial charge in [-0.1, -0.05) is 42.0 Å². The molecule has 0 radical (unpaired) electrons. The number of benzene rings is 3. The first kappa shape index (κ1) is 24.0. The first-order valence-corrected chi connectivity index (χ1v) is 12.4. The van der Waals surface area contributed by atoms with Crippen molar-refractivity contribution in [3.63, 3.8) is 0 Å². The summed E-state index contributed by atoms with van der Waals surface area (Å²) in [4.78, 5) is 27.8. The SMILES string of the molecule is CCOC(=O)c1ccc(N2C(=O)C3NNC(c4ccc(C)cc4)C3C2c2ccc(OCC)cc2)cc1. The molecule has 3 aromatic rings. The Kier molecular flexibility index (Phi) is 6.76. The third-order valence-electron chi connectivity index (χ3n) is 6.94. The Hall–Kier alpha value is -3.68. The van der Waals surface area contributed by atoms with Crippen molar-refractivity contribution in [2.45, 2.75) is 38.9 Å². The zero-order chi connectivity index (χ0) is 25.2. The fraction of sp³-hybridized carbons (Fsp3) is 0.310. The lowest BCUT2D eigenvalue weighted by atomic mass is 9.83. The number of rotatable bonds is 7. The normalized spacial score (nSPS) is 23.0. The van der Waals surface area contributed by atoms with Gasteiger partial charge in [-0.05, 0) is 68.3 Å². The number of hydrogen-bond acceptors (Lipinski definition) is 6. The van der Waals surface area contributed by atoms with Gasteiger partial charge in [0.25, 0.3) is 0 Å². The van der Waals surface area contributed by atoms with Gasteiger partial charge in [0, 0.05) is 11.6 Å². The van der Waals surface area contributed by atoms with Crippen molar-refractivity contribution in [1.82, 2.24) is 10.9 Å². The summed E-state index contributed by atoms with van der Waals surface area (Å²) in [5.74, 6) is 0.361. The van der Waals surface area contributed by atoms with E-state index >= 15 is 0 Å². The highest BCUT2D eigenvalue weighted by molar-refractivity contribution is 6.02. The van der Waals surface area contributed by atoms with Crippen LogP contribution in [0.1, 0.15) is 53.0 Å². The summed E-state index contributed by atoms with van der Waals surface area (Å²) in [7, 11) is 0. The maximum Gasteiger partial charge on any atom is 0.338 e. The molecule has 2 saturated heterocycles. The van der Waals surface area contributed by atoms with Crippen LogP contribution in [0.3, 0.4) is 0 Å². The summed E-state index contributed by atoms with van der Waals surface area (Å²) < 4.78 is 10.8. The lowest BCUT2D eigenvalue weighted by Gasteiger charge is -2.31. The van der Waals surface area contributed by atoms with E-state index in [0.29, 0.717) is 18.8 Å². The van der Waals surface area contributed by atoms with Crippen molar-refractivity contribution in [1.29, 1.82) is 0 Å². The highest BCUT2D eigenvalue weighted by Crippen LogP contribution is 2.49. The van der Waals surface area contributed by atoms with E-state index < -0.39 is 6.04 Å².